The van der Waals surface area contributed by atoms with Crippen LogP contribution in [0.4, 0.5) is 0 Å². The van der Waals surface area contributed by atoms with Crippen LogP contribution in [0.25, 0.3) is 0 Å². The Labute approximate surface area is 148 Å². The number of nitrogens with zero attached hydrogens (tertiary/aromatic N) is 2. The number of hydrogen-bond acceptors (Lipinski definition) is 3. The maximum absolute atomic E-state index is 13.0. The molecule has 2 N–H and O–H groups in total. The summed E-state index contributed by atoms with van der Waals surface area (Å²) in [6.45, 7) is 12.0. The minimum absolute atomic E-state index is 0.251. The highest BCUT2D eigenvalue weighted by Gasteiger charge is 2.41. The van der Waals surface area contributed by atoms with Crippen molar-refractivity contribution in [3.63, 3.8) is 0 Å². The van der Waals surface area contributed by atoms with Crippen LogP contribution in [0.3, 0.4) is 0 Å². The van der Waals surface area contributed by atoms with Gasteiger partial charge in [0.1, 0.15) is 0 Å². The van der Waals surface area contributed by atoms with Crippen molar-refractivity contribution in [2.45, 2.75) is 65.3 Å². The molecule has 3 fully saturated rings. The molecule has 3 rings (SSSR count). The van der Waals surface area contributed by atoms with E-state index in [1.54, 1.807) is 0 Å². The molecule has 2 aliphatic carbocycles. The van der Waals surface area contributed by atoms with E-state index in [4.69, 9.17) is 5.73 Å². The molecular weight excluding hydrogens is 298 g/mol. The maximum atomic E-state index is 13.0. The highest BCUT2D eigenvalue weighted by Crippen LogP contribution is 2.42. The molecule has 0 aromatic carbocycles. The average Bonchev–Trinajstić information content (AvgIpc) is 2.52. The van der Waals surface area contributed by atoms with E-state index in [0.717, 1.165) is 45.6 Å². The molecule has 138 valence electrons. The second kappa shape index (κ2) is 7.33. The number of nitrogens with two attached hydrogens (primary N) is 1. The standard InChI is InChI=1S/C20H37N3O/c1-20(2,3)7-8-22-9-11-23(12-10-22)19(24)17-13-15-5-4-6-16(14-17)18(15)21/h15-18H,4-14,21H2,1-3H3. The van der Waals surface area contributed by atoms with Crippen molar-refractivity contribution in [3.8, 4) is 0 Å². The molecule has 2 bridgehead atoms. The van der Waals surface area contributed by atoms with Gasteiger partial charge in [0.2, 0.25) is 5.91 Å². The predicted molar refractivity (Wildman–Crippen MR) is 98.6 cm³/mol. The summed E-state index contributed by atoms with van der Waals surface area (Å²) in [4.78, 5) is 17.7. The third-order valence-corrected chi connectivity index (χ3v) is 6.62. The van der Waals surface area contributed by atoms with Gasteiger partial charge in [-0.05, 0) is 55.9 Å². The number of hydrogen-bond donors (Lipinski definition) is 1. The minimum Gasteiger partial charge on any atom is -0.340 e. The van der Waals surface area contributed by atoms with Crippen LogP contribution in [0.15, 0.2) is 0 Å². The van der Waals surface area contributed by atoms with Gasteiger partial charge in [-0.25, -0.2) is 0 Å². The minimum atomic E-state index is 0.251. The van der Waals surface area contributed by atoms with E-state index in [1.165, 1.54) is 25.7 Å². The lowest BCUT2D eigenvalue weighted by atomic mass is 9.65. The van der Waals surface area contributed by atoms with E-state index in [1.807, 2.05) is 0 Å². The molecule has 2 atom stereocenters. The molecule has 3 aliphatic rings. The van der Waals surface area contributed by atoms with Gasteiger partial charge in [-0.2, -0.15) is 0 Å². The lowest BCUT2D eigenvalue weighted by Crippen LogP contribution is -2.53. The lowest BCUT2D eigenvalue weighted by Gasteiger charge is -2.45. The number of carbonyl (C=O) groups excluding carboxylic acids is 1. The zero-order chi connectivity index (χ0) is 17.3. The van der Waals surface area contributed by atoms with Crippen LogP contribution < -0.4 is 5.73 Å². The third-order valence-electron chi connectivity index (χ3n) is 6.62. The van der Waals surface area contributed by atoms with E-state index in [-0.39, 0.29) is 5.92 Å². The van der Waals surface area contributed by atoms with E-state index in [9.17, 15) is 4.79 Å². The molecule has 2 unspecified atom stereocenters. The predicted octanol–water partition coefficient (Wildman–Crippen LogP) is 2.72. The van der Waals surface area contributed by atoms with Crippen molar-refractivity contribution in [2.75, 3.05) is 32.7 Å². The topological polar surface area (TPSA) is 49.6 Å². The largest absolute Gasteiger partial charge is 0.340 e. The smallest absolute Gasteiger partial charge is 0.225 e. The third kappa shape index (κ3) is 4.32. The molecule has 1 amide bonds. The van der Waals surface area contributed by atoms with Crippen LogP contribution in [-0.2, 0) is 4.79 Å². The van der Waals surface area contributed by atoms with Crippen LogP contribution in [0.5, 0.6) is 0 Å². The van der Waals surface area contributed by atoms with Gasteiger partial charge in [-0.15, -0.1) is 0 Å². The van der Waals surface area contributed by atoms with Gasteiger partial charge < -0.3 is 10.6 Å². The van der Waals surface area contributed by atoms with Gasteiger partial charge in [0.15, 0.2) is 0 Å². The van der Waals surface area contributed by atoms with E-state index in [2.05, 4.69) is 30.6 Å². The lowest BCUT2D eigenvalue weighted by molar-refractivity contribution is -0.140. The van der Waals surface area contributed by atoms with E-state index >= 15 is 0 Å². The zero-order valence-electron chi connectivity index (χ0n) is 16.0. The van der Waals surface area contributed by atoms with Crippen molar-refractivity contribution < 1.29 is 4.79 Å². The Balaban J connectivity index is 1.47. The quantitative estimate of drug-likeness (QED) is 0.863. The molecule has 4 heteroatoms. The van der Waals surface area contributed by atoms with E-state index in [0.29, 0.717) is 29.2 Å². The summed E-state index contributed by atoms with van der Waals surface area (Å²) in [5.74, 6) is 1.87. The number of rotatable bonds is 3. The Morgan fingerprint density at radius 1 is 1.04 bits per heavy atom. The summed E-state index contributed by atoms with van der Waals surface area (Å²) >= 11 is 0. The maximum Gasteiger partial charge on any atom is 0.225 e. The Bertz CT molecular complexity index is 423. The molecule has 1 saturated heterocycles. The molecule has 4 nitrogen and oxygen atoms in total. The van der Waals surface area contributed by atoms with Gasteiger partial charge in [0, 0.05) is 38.1 Å². The summed E-state index contributed by atoms with van der Waals surface area (Å²) in [5, 5.41) is 0. The zero-order valence-corrected chi connectivity index (χ0v) is 16.0. The first kappa shape index (κ1) is 18.2. The summed E-state index contributed by atoms with van der Waals surface area (Å²) < 4.78 is 0. The molecule has 2 saturated carbocycles. The fourth-order valence-corrected chi connectivity index (χ4v) is 4.93. The van der Waals surface area contributed by atoms with Crippen molar-refractivity contribution >= 4 is 5.91 Å². The summed E-state index contributed by atoms with van der Waals surface area (Å²) in [5.41, 5.74) is 6.77. The van der Waals surface area contributed by atoms with Crippen LogP contribution >= 0.6 is 0 Å². The number of piperazine rings is 1. The first-order valence-electron chi connectivity index (χ1n) is 10.1. The van der Waals surface area contributed by atoms with Crippen LogP contribution in [0.1, 0.15) is 59.3 Å². The van der Waals surface area contributed by atoms with Gasteiger partial charge in [-0.1, -0.05) is 27.2 Å². The van der Waals surface area contributed by atoms with E-state index < -0.39 is 0 Å². The second-order valence-corrected chi connectivity index (χ2v) is 9.67. The SMILES string of the molecule is CC(C)(C)CCN1CCN(C(=O)C2CC3CCCC(C2)C3N)CC1. The molecule has 24 heavy (non-hydrogen) atoms. The van der Waals surface area contributed by atoms with Crippen LogP contribution in [0.2, 0.25) is 0 Å². The Morgan fingerprint density at radius 3 is 2.17 bits per heavy atom. The molecule has 0 radical (unpaired) electrons. The van der Waals surface area contributed by atoms with Crippen molar-refractivity contribution in [3.05, 3.63) is 0 Å². The number of carbonyl (C=O) groups is 1. The van der Waals surface area contributed by atoms with Gasteiger partial charge in [0.05, 0.1) is 0 Å². The summed E-state index contributed by atoms with van der Waals surface area (Å²) in [7, 11) is 0. The average molecular weight is 336 g/mol. The first-order valence-corrected chi connectivity index (χ1v) is 10.1. The fraction of sp³-hybridized carbons (Fsp3) is 0.950. The molecular formula is C20H37N3O. The van der Waals surface area contributed by atoms with Crippen LogP contribution in [-0.4, -0.2) is 54.5 Å². The highest BCUT2D eigenvalue weighted by molar-refractivity contribution is 5.79. The highest BCUT2D eigenvalue weighted by atomic mass is 16.2. The van der Waals surface area contributed by atoms with Crippen molar-refractivity contribution in [2.24, 2.45) is 28.9 Å². The van der Waals surface area contributed by atoms with Gasteiger partial charge in [-0.3, -0.25) is 9.69 Å². The Morgan fingerprint density at radius 2 is 1.62 bits per heavy atom. The normalized spacial score (nSPS) is 35.1. The first-order chi connectivity index (χ1) is 11.3. The molecule has 1 heterocycles. The molecule has 1 aliphatic heterocycles. The Hall–Kier alpha value is -0.610. The second-order valence-electron chi connectivity index (χ2n) is 9.67. The Kier molecular flexibility index (Phi) is 5.55. The monoisotopic (exact) mass is 335 g/mol. The fourth-order valence-electron chi connectivity index (χ4n) is 4.93. The van der Waals surface area contributed by atoms with Crippen molar-refractivity contribution in [1.29, 1.82) is 0 Å². The van der Waals surface area contributed by atoms with Crippen LogP contribution in [0, 0.1) is 23.2 Å². The molecule has 0 spiro atoms. The van der Waals surface area contributed by atoms with Gasteiger partial charge in [0.25, 0.3) is 0 Å². The van der Waals surface area contributed by atoms with Gasteiger partial charge >= 0.3 is 0 Å². The van der Waals surface area contributed by atoms with Crippen molar-refractivity contribution in [1.82, 2.24) is 9.80 Å². The number of fused-ring (bicyclic) bond motifs is 2. The molecule has 0 aromatic heterocycles. The summed E-state index contributed by atoms with van der Waals surface area (Å²) in [6.07, 6.45) is 7.10. The number of amides is 1. The summed E-state index contributed by atoms with van der Waals surface area (Å²) in [6, 6.07) is 0.358. The molecule has 0 aromatic rings.